The number of pyridine rings is 1. The van der Waals surface area contributed by atoms with Crippen molar-refractivity contribution in [3.8, 4) is 0 Å². The number of hydrogen-bond donors (Lipinski definition) is 0. The van der Waals surface area contributed by atoms with Gasteiger partial charge < -0.3 is 4.90 Å². The van der Waals surface area contributed by atoms with Crippen LogP contribution in [0.15, 0.2) is 36.5 Å². The summed E-state index contributed by atoms with van der Waals surface area (Å²) in [7, 11) is 0. The lowest BCUT2D eigenvalue weighted by Gasteiger charge is -2.47. The van der Waals surface area contributed by atoms with Crippen molar-refractivity contribution in [1.29, 1.82) is 0 Å². The first-order valence-corrected chi connectivity index (χ1v) is 10.3. The molecule has 2 amide bonds. The Morgan fingerprint density at radius 3 is 2.45 bits per heavy atom. The molecular formula is C21H20Cl2FN3O2. The Bertz CT molecular complexity index is 947. The fraction of sp³-hybridized carbons (Fsp3) is 0.381. The van der Waals surface area contributed by atoms with Crippen molar-refractivity contribution < 1.29 is 14.0 Å². The smallest absolute Gasteiger partial charge is 0.251 e. The van der Waals surface area contributed by atoms with Crippen LogP contribution in [0.2, 0.25) is 10.0 Å². The number of benzene rings is 1. The lowest BCUT2D eigenvalue weighted by molar-refractivity contribution is -0.148. The Balaban J connectivity index is 1.65. The summed E-state index contributed by atoms with van der Waals surface area (Å²) in [6.45, 7) is 2.17. The molecule has 8 heteroatoms. The van der Waals surface area contributed by atoms with Gasteiger partial charge in [0.15, 0.2) is 11.6 Å². The molecule has 1 saturated carbocycles. The van der Waals surface area contributed by atoms with Crippen molar-refractivity contribution >= 4 is 40.8 Å². The minimum atomic E-state index is -0.717. The molecule has 5 nitrogen and oxygen atoms in total. The number of carbonyl (C=O) groups is 2. The largest absolute Gasteiger partial charge is 0.324 e. The molecule has 2 aliphatic rings. The maximum atomic E-state index is 14.4. The molecule has 2 fully saturated rings. The highest BCUT2D eigenvalue weighted by atomic mass is 35.5. The van der Waals surface area contributed by atoms with Crippen molar-refractivity contribution in [2.75, 3.05) is 11.4 Å². The normalized spacial score (nSPS) is 24.6. The third-order valence-corrected chi connectivity index (χ3v) is 6.09. The number of amides is 2. The van der Waals surface area contributed by atoms with Gasteiger partial charge in [-0.05, 0) is 48.4 Å². The van der Waals surface area contributed by atoms with Gasteiger partial charge in [-0.2, -0.15) is 0 Å². The molecule has 2 heterocycles. The summed E-state index contributed by atoms with van der Waals surface area (Å²) in [4.78, 5) is 33.2. The summed E-state index contributed by atoms with van der Waals surface area (Å²) in [5.41, 5.74) is 0.886. The molecule has 0 bridgehead atoms. The van der Waals surface area contributed by atoms with E-state index in [0.29, 0.717) is 17.5 Å². The average molecular weight is 436 g/mol. The number of rotatable bonds is 4. The molecule has 29 heavy (non-hydrogen) atoms. The van der Waals surface area contributed by atoms with Gasteiger partial charge in [-0.15, -0.1) is 0 Å². The third-order valence-electron chi connectivity index (χ3n) is 5.64. The predicted octanol–water partition coefficient (Wildman–Crippen LogP) is 4.32. The zero-order valence-electron chi connectivity index (χ0n) is 15.8. The number of piperazine rings is 1. The molecule has 1 aromatic heterocycles. The Labute approximate surface area is 178 Å². The number of hydrogen-bond acceptors (Lipinski definition) is 3. The van der Waals surface area contributed by atoms with E-state index in [9.17, 15) is 14.0 Å². The number of anilines is 1. The van der Waals surface area contributed by atoms with Gasteiger partial charge in [-0.1, -0.05) is 42.3 Å². The molecular weight excluding hydrogens is 416 g/mol. The van der Waals surface area contributed by atoms with Crippen molar-refractivity contribution in [3.63, 3.8) is 0 Å². The molecule has 1 saturated heterocycles. The summed E-state index contributed by atoms with van der Waals surface area (Å²) >= 11 is 11.7. The van der Waals surface area contributed by atoms with Crippen LogP contribution in [0.1, 0.15) is 25.3 Å². The van der Waals surface area contributed by atoms with Gasteiger partial charge in [0.25, 0.3) is 5.91 Å². The molecule has 1 atom stereocenters. The molecule has 0 radical (unpaired) electrons. The van der Waals surface area contributed by atoms with E-state index in [2.05, 4.69) is 11.9 Å². The van der Waals surface area contributed by atoms with Crippen LogP contribution in [0.3, 0.4) is 0 Å². The molecule has 0 N–H and O–H groups in total. The van der Waals surface area contributed by atoms with E-state index >= 15 is 0 Å². The third kappa shape index (κ3) is 3.96. The Morgan fingerprint density at radius 1 is 1.14 bits per heavy atom. The molecule has 1 aliphatic heterocycles. The second kappa shape index (κ2) is 7.92. The van der Waals surface area contributed by atoms with Crippen LogP contribution < -0.4 is 4.90 Å². The van der Waals surface area contributed by atoms with Gasteiger partial charge in [-0.3, -0.25) is 14.5 Å². The van der Waals surface area contributed by atoms with Gasteiger partial charge in [-0.25, -0.2) is 9.37 Å². The van der Waals surface area contributed by atoms with Crippen molar-refractivity contribution in [3.05, 3.63) is 58.0 Å². The van der Waals surface area contributed by atoms with Crippen LogP contribution in [-0.4, -0.2) is 34.3 Å². The topological polar surface area (TPSA) is 53.5 Å². The zero-order chi connectivity index (χ0) is 20.7. The van der Waals surface area contributed by atoms with Crippen molar-refractivity contribution in [2.45, 2.75) is 32.4 Å². The minimum Gasteiger partial charge on any atom is -0.324 e. The van der Waals surface area contributed by atoms with E-state index in [4.69, 9.17) is 23.2 Å². The van der Waals surface area contributed by atoms with Crippen LogP contribution in [0.5, 0.6) is 0 Å². The second-order valence-corrected chi connectivity index (χ2v) is 8.69. The molecule has 4 rings (SSSR count). The molecule has 0 spiro atoms. The van der Waals surface area contributed by atoms with Gasteiger partial charge in [0.2, 0.25) is 5.91 Å². The predicted molar refractivity (Wildman–Crippen MR) is 109 cm³/mol. The maximum Gasteiger partial charge on any atom is 0.251 e. The van der Waals surface area contributed by atoms with Crippen LogP contribution in [0, 0.1) is 17.7 Å². The average Bonchev–Trinajstić information content (AvgIpc) is 2.65. The SMILES string of the molecule is CC1CC(C2C(=O)N(c3ncc(Cl)cc3F)CC(=O)N2Cc2ccc(Cl)cc2)C1. The molecule has 1 aliphatic carbocycles. The van der Waals surface area contributed by atoms with E-state index in [0.717, 1.165) is 29.4 Å². The fourth-order valence-corrected chi connectivity index (χ4v) is 4.46. The van der Waals surface area contributed by atoms with Crippen LogP contribution in [-0.2, 0) is 16.1 Å². The Hall–Kier alpha value is -2.18. The standard InChI is InChI=1S/C21H20Cl2FN3O2/c1-12-6-14(7-12)19-21(29)27(20-17(24)8-16(23)9-25-20)11-18(28)26(19)10-13-2-4-15(22)5-3-13/h2-5,8-9,12,14,19H,6-7,10-11H2,1H3. The molecule has 152 valence electrons. The minimum absolute atomic E-state index is 0.0481. The summed E-state index contributed by atoms with van der Waals surface area (Å²) < 4.78 is 14.4. The fourth-order valence-electron chi connectivity index (χ4n) is 4.19. The number of nitrogens with zero attached hydrogens (tertiary/aromatic N) is 3. The lowest BCUT2D eigenvalue weighted by Crippen LogP contribution is -2.63. The quantitative estimate of drug-likeness (QED) is 0.718. The van der Waals surface area contributed by atoms with E-state index in [-0.39, 0.29) is 35.1 Å². The summed E-state index contributed by atoms with van der Waals surface area (Å²) in [5, 5.41) is 0.741. The molecule has 1 aromatic carbocycles. The highest BCUT2D eigenvalue weighted by Crippen LogP contribution is 2.40. The van der Waals surface area contributed by atoms with E-state index < -0.39 is 11.9 Å². The van der Waals surface area contributed by atoms with Crippen LogP contribution in [0.25, 0.3) is 0 Å². The number of carbonyl (C=O) groups excluding carboxylic acids is 2. The van der Waals surface area contributed by atoms with Crippen molar-refractivity contribution in [1.82, 2.24) is 9.88 Å². The maximum absolute atomic E-state index is 14.4. The molecule has 2 aromatic rings. The Morgan fingerprint density at radius 2 is 1.83 bits per heavy atom. The van der Waals surface area contributed by atoms with Crippen molar-refractivity contribution in [2.24, 2.45) is 11.8 Å². The second-order valence-electron chi connectivity index (χ2n) is 7.81. The number of aromatic nitrogens is 1. The Kier molecular flexibility index (Phi) is 5.49. The monoisotopic (exact) mass is 435 g/mol. The van der Waals surface area contributed by atoms with Gasteiger partial charge >= 0.3 is 0 Å². The lowest BCUT2D eigenvalue weighted by atomic mass is 9.71. The highest BCUT2D eigenvalue weighted by Gasteiger charge is 2.48. The van der Waals surface area contributed by atoms with Gasteiger partial charge in [0.05, 0.1) is 5.02 Å². The first kappa shape index (κ1) is 20.1. The molecule has 1 unspecified atom stereocenters. The van der Waals surface area contributed by atoms with E-state index in [1.54, 1.807) is 17.0 Å². The highest BCUT2D eigenvalue weighted by molar-refractivity contribution is 6.30. The number of halogens is 3. The summed E-state index contributed by atoms with van der Waals surface area (Å²) in [6.07, 6.45) is 2.98. The van der Waals surface area contributed by atoms with Gasteiger partial charge in [0, 0.05) is 17.8 Å². The summed E-state index contributed by atoms with van der Waals surface area (Å²) in [5.74, 6) is -0.862. The first-order valence-electron chi connectivity index (χ1n) is 9.50. The van der Waals surface area contributed by atoms with Gasteiger partial charge in [0.1, 0.15) is 12.6 Å². The van der Waals surface area contributed by atoms with E-state index in [1.807, 2.05) is 12.1 Å². The van der Waals surface area contributed by atoms with E-state index in [1.165, 1.54) is 6.20 Å². The van der Waals surface area contributed by atoms with Crippen LogP contribution in [0.4, 0.5) is 10.2 Å². The van der Waals surface area contributed by atoms with Crippen LogP contribution >= 0.6 is 23.2 Å². The first-order chi connectivity index (χ1) is 13.8. The zero-order valence-corrected chi connectivity index (χ0v) is 17.3. The summed E-state index contributed by atoms with van der Waals surface area (Å²) in [6, 6.07) is 7.66.